The second kappa shape index (κ2) is 7.86. The van der Waals surface area contributed by atoms with Gasteiger partial charge in [0.2, 0.25) is 0 Å². The van der Waals surface area contributed by atoms with Crippen molar-refractivity contribution in [1.82, 2.24) is 0 Å². The van der Waals surface area contributed by atoms with E-state index in [2.05, 4.69) is 83.1 Å². The van der Waals surface area contributed by atoms with E-state index in [0.717, 1.165) is 22.3 Å². The molecule has 4 heteroatoms. The fraction of sp³-hybridized carbons (Fsp3) is 0.667. The summed E-state index contributed by atoms with van der Waals surface area (Å²) in [5, 5.41) is 0. The highest BCUT2D eigenvalue weighted by Gasteiger charge is 2.50. The Morgan fingerprint density at radius 3 is 0.853 bits per heavy atom. The van der Waals surface area contributed by atoms with Gasteiger partial charge in [0.15, 0.2) is 11.6 Å². The molecule has 2 aliphatic carbocycles. The third-order valence-corrected chi connectivity index (χ3v) is 7.02. The first kappa shape index (κ1) is 26.8. The predicted octanol–water partition coefficient (Wildman–Crippen LogP) is 7.26. The van der Waals surface area contributed by atoms with E-state index < -0.39 is 11.2 Å². The lowest BCUT2D eigenvalue weighted by molar-refractivity contribution is -0.398. The van der Waals surface area contributed by atoms with Crippen LogP contribution < -0.4 is 0 Å². The molecule has 2 spiro atoms. The summed E-state index contributed by atoms with van der Waals surface area (Å²) in [5.41, 5.74) is 0.156. The summed E-state index contributed by atoms with van der Waals surface area (Å²) in [5.74, 6) is 0.171. The zero-order chi connectivity index (χ0) is 26.1. The van der Waals surface area contributed by atoms with Gasteiger partial charge in [-0.25, -0.2) is 9.78 Å². The van der Waals surface area contributed by atoms with Crippen LogP contribution in [0.3, 0.4) is 0 Å². The van der Waals surface area contributed by atoms with Crippen LogP contribution in [0.5, 0.6) is 0 Å². The van der Waals surface area contributed by atoms with Crippen molar-refractivity contribution in [1.29, 1.82) is 0 Å². The lowest BCUT2D eigenvalue weighted by Gasteiger charge is -2.46. The second-order valence-corrected chi connectivity index (χ2v) is 14.5. The van der Waals surface area contributed by atoms with Crippen molar-refractivity contribution < 1.29 is 19.4 Å². The summed E-state index contributed by atoms with van der Waals surface area (Å²) in [4.78, 5) is 39.3. The molecule has 0 aromatic rings. The quantitative estimate of drug-likeness (QED) is 0.351. The Bertz CT molecular complexity index is 854. The molecule has 0 unspecified atom stereocenters. The van der Waals surface area contributed by atoms with Crippen molar-refractivity contribution in [2.24, 2.45) is 21.7 Å². The number of hydrogen-bond donors (Lipinski definition) is 0. The minimum Gasteiger partial charge on any atom is -0.289 e. The second-order valence-electron chi connectivity index (χ2n) is 14.5. The van der Waals surface area contributed by atoms with Gasteiger partial charge in [-0.05, 0) is 58.8 Å². The van der Waals surface area contributed by atoms with Crippen LogP contribution >= 0.6 is 0 Å². The molecule has 3 rings (SSSR count). The SMILES string of the molecule is CC(C)(C)C1=CC2(C=C(C(C)(C)C)C1=O)CCC1(C=C(C(C)(C)C)C(=O)C(C(C)(C)C)=C1)OO2. The standard InChI is InChI=1S/C30H44O4/c1-25(2,3)19-15-29(16-20(23(19)31)26(4,5)6)13-14-30(34-33-29)17-21(27(7,8)9)24(32)22(18-30)28(10,11)12/h15-18H,13-14H2,1-12H3. The van der Waals surface area contributed by atoms with Crippen molar-refractivity contribution in [3.05, 3.63) is 46.6 Å². The normalized spacial score (nSPS) is 23.5. The minimum atomic E-state index is -0.808. The monoisotopic (exact) mass is 468 g/mol. The number of Topliss-reactive ketones (excluding diaryl/α,β-unsaturated/α-hetero) is 2. The molecule has 188 valence electrons. The first-order valence-electron chi connectivity index (χ1n) is 12.5. The van der Waals surface area contributed by atoms with Gasteiger partial charge in [0.05, 0.1) is 0 Å². The van der Waals surface area contributed by atoms with Gasteiger partial charge in [-0.1, -0.05) is 83.1 Å². The maximum atomic E-state index is 13.4. The van der Waals surface area contributed by atoms with Gasteiger partial charge in [-0.3, -0.25) is 9.59 Å². The molecule has 0 aromatic carbocycles. The Balaban J connectivity index is 2.09. The van der Waals surface area contributed by atoms with Crippen LogP contribution in [-0.4, -0.2) is 22.8 Å². The van der Waals surface area contributed by atoms with Crippen LogP contribution in [0.2, 0.25) is 0 Å². The van der Waals surface area contributed by atoms with Gasteiger partial charge in [-0.2, -0.15) is 0 Å². The lowest BCUT2D eigenvalue weighted by atomic mass is 9.66. The van der Waals surface area contributed by atoms with Crippen LogP contribution in [0.4, 0.5) is 0 Å². The summed E-state index contributed by atoms with van der Waals surface area (Å²) < 4.78 is 0. The van der Waals surface area contributed by atoms with E-state index in [1.54, 1.807) is 0 Å². The van der Waals surface area contributed by atoms with Gasteiger partial charge >= 0.3 is 0 Å². The van der Waals surface area contributed by atoms with Crippen LogP contribution in [0.15, 0.2) is 46.6 Å². The van der Waals surface area contributed by atoms with E-state index in [-0.39, 0.29) is 33.2 Å². The van der Waals surface area contributed by atoms with Crippen molar-refractivity contribution in [3.8, 4) is 0 Å². The first-order valence-corrected chi connectivity index (χ1v) is 12.5. The Kier molecular flexibility index (Phi) is 6.20. The van der Waals surface area contributed by atoms with Gasteiger partial charge in [0.25, 0.3) is 0 Å². The molecule has 0 bridgehead atoms. The van der Waals surface area contributed by atoms with Gasteiger partial charge < -0.3 is 0 Å². The molecule has 0 saturated carbocycles. The molecule has 0 N–H and O–H groups in total. The largest absolute Gasteiger partial charge is 0.289 e. The van der Waals surface area contributed by atoms with Gasteiger partial charge in [-0.15, -0.1) is 0 Å². The third kappa shape index (κ3) is 4.95. The van der Waals surface area contributed by atoms with Crippen LogP contribution in [0, 0.1) is 21.7 Å². The maximum absolute atomic E-state index is 13.4. The predicted molar refractivity (Wildman–Crippen MR) is 137 cm³/mol. The molecule has 1 aliphatic heterocycles. The number of carbonyl (C=O) groups is 2. The average Bonchev–Trinajstić information content (AvgIpc) is 2.64. The number of rotatable bonds is 0. The smallest absolute Gasteiger partial charge is 0.185 e. The van der Waals surface area contributed by atoms with Crippen LogP contribution in [0.1, 0.15) is 95.9 Å². The highest BCUT2D eigenvalue weighted by Crippen LogP contribution is 2.49. The highest BCUT2D eigenvalue weighted by atomic mass is 17.2. The van der Waals surface area contributed by atoms with Crippen molar-refractivity contribution >= 4 is 11.6 Å². The Hall–Kier alpha value is -1.78. The van der Waals surface area contributed by atoms with E-state index in [0.29, 0.717) is 12.8 Å². The Morgan fingerprint density at radius 1 is 0.500 bits per heavy atom. The molecule has 0 atom stereocenters. The minimum absolute atomic E-state index is 0.0857. The number of allylic oxidation sites excluding steroid dienone is 4. The zero-order valence-corrected chi connectivity index (χ0v) is 23.4. The van der Waals surface area contributed by atoms with Gasteiger partial charge in [0.1, 0.15) is 11.2 Å². The molecular formula is C30H44O4. The van der Waals surface area contributed by atoms with E-state index in [1.165, 1.54) is 0 Å². The van der Waals surface area contributed by atoms with E-state index in [4.69, 9.17) is 9.78 Å². The molecule has 1 heterocycles. The summed E-state index contributed by atoms with van der Waals surface area (Å²) in [7, 11) is 0. The molecule has 1 fully saturated rings. The fourth-order valence-corrected chi connectivity index (χ4v) is 4.86. The molecule has 0 aromatic heterocycles. The molecular weight excluding hydrogens is 424 g/mol. The zero-order valence-electron chi connectivity index (χ0n) is 23.4. The third-order valence-electron chi connectivity index (χ3n) is 7.02. The van der Waals surface area contributed by atoms with E-state index in [9.17, 15) is 9.59 Å². The summed E-state index contributed by atoms with van der Waals surface area (Å²) in [6, 6.07) is 0. The number of hydrogen-bond acceptors (Lipinski definition) is 4. The summed E-state index contributed by atoms with van der Waals surface area (Å²) in [6.45, 7) is 24.7. The fourth-order valence-electron chi connectivity index (χ4n) is 4.86. The topological polar surface area (TPSA) is 52.6 Å². The summed E-state index contributed by atoms with van der Waals surface area (Å²) in [6.07, 6.45) is 9.16. The highest BCUT2D eigenvalue weighted by molar-refractivity contribution is 6.11. The number of carbonyl (C=O) groups excluding carboxylic acids is 2. The van der Waals surface area contributed by atoms with E-state index >= 15 is 0 Å². The molecule has 1 saturated heterocycles. The molecule has 34 heavy (non-hydrogen) atoms. The van der Waals surface area contributed by atoms with E-state index in [1.807, 2.05) is 24.3 Å². The van der Waals surface area contributed by atoms with Crippen LogP contribution in [-0.2, 0) is 19.4 Å². The Morgan fingerprint density at radius 2 is 0.706 bits per heavy atom. The Labute approximate surface area is 206 Å². The van der Waals surface area contributed by atoms with Crippen molar-refractivity contribution in [3.63, 3.8) is 0 Å². The molecule has 0 amide bonds. The van der Waals surface area contributed by atoms with Crippen molar-refractivity contribution in [2.75, 3.05) is 0 Å². The number of ketones is 2. The van der Waals surface area contributed by atoms with Crippen LogP contribution in [0.25, 0.3) is 0 Å². The van der Waals surface area contributed by atoms with Crippen molar-refractivity contribution in [2.45, 2.75) is 107 Å². The first-order chi connectivity index (χ1) is 15.1. The lowest BCUT2D eigenvalue weighted by Crippen LogP contribution is -2.48. The molecule has 0 radical (unpaired) electrons. The molecule has 4 nitrogen and oxygen atoms in total. The maximum Gasteiger partial charge on any atom is 0.185 e. The summed E-state index contributed by atoms with van der Waals surface area (Å²) >= 11 is 0. The molecule has 3 aliphatic rings. The average molecular weight is 469 g/mol. The van der Waals surface area contributed by atoms with Gasteiger partial charge in [0, 0.05) is 22.3 Å².